The van der Waals surface area contributed by atoms with E-state index in [9.17, 15) is 9.90 Å². The summed E-state index contributed by atoms with van der Waals surface area (Å²) < 4.78 is 0. The minimum Gasteiger partial charge on any atom is -0.389 e. The Morgan fingerprint density at radius 2 is 1.87 bits per heavy atom. The highest BCUT2D eigenvalue weighted by atomic mass is 16.3. The summed E-state index contributed by atoms with van der Waals surface area (Å²) in [5.41, 5.74) is -0.694. The second-order valence-corrected chi connectivity index (χ2v) is 3.93. The van der Waals surface area contributed by atoms with E-state index in [4.69, 9.17) is 0 Å². The summed E-state index contributed by atoms with van der Waals surface area (Å²) in [6, 6.07) is -0.255. The van der Waals surface area contributed by atoms with E-state index in [-0.39, 0.29) is 11.9 Å². The summed E-state index contributed by atoms with van der Waals surface area (Å²) in [6.45, 7) is 8.68. The predicted molar refractivity (Wildman–Crippen MR) is 61.7 cm³/mol. The smallest absolute Gasteiger partial charge is 0.236 e. The third-order valence-electron chi connectivity index (χ3n) is 2.80. The van der Waals surface area contributed by atoms with Gasteiger partial charge >= 0.3 is 0 Å². The first-order valence-corrected chi connectivity index (χ1v) is 5.72. The lowest BCUT2D eigenvalue weighted by Crippen LogP contribution is -2.48. The Kier molecular flexibility index (Phi) is 6.52. The zero-order valence-corrected chi connectivity index (χ0v) is 10.3. The Hall–Kier alpha value is -0.610. The average Bonchev–Trinajstić information content (AvgIpc) is 2.25. The van der Waals surface area contributed by atoms with Gasteiger partial charge in [0, 0.05) is 13.1 Å². The van der Waals surface area contributed by atoms with Crippen molar-refractivity contribution in [1.82, 2.24) is 10.6 Å². The Morgan fingerprint density at radius 3 is 2.27 bits per heavy atom. The van der Waals surface area contributed by atoms with Crippen LogP contribution in [-0.4, -0.2) is 35.7 Å². The highest BCUT2D eigenvalue weighted by Gasteiger charge is 2.23. The number of likely N-dealkylation sites (N-methyl/N-ethyl adjacent to an activating group) is 1. The standard InChI is InChI=1S/C11H24N2O2/c1-5-11(15,6-2)8-13-9(4)10(14)12-7-3/h9,13,15H,5-8H2,1-4H3,(H,12,14). The third-order valence-corrected chi connectivity index (χ3v) is 2.80. The van der Waals surface area contributed by atoms with Gasteiger partial charge in [-0.15, -0.1) is 0 Å². The van der Waals surface area contributed by atoms with Crippen LogP contribution in [0.5, 0.6) is 0 Å². The van der Waals surface area contributed by atoms with Gasteiger partial charge in [0.05, 0.1) is 11.6 Å². The lowest BCUT2D eigenvalue weighted by atomic mass is 9.97. The molecular weight excluding hydrogens is 192 g/mol. The van der Waals surface area contributed by atoms with Gasteiger partial charge in [0.2, 0.25) is 5.91 Å². The summed E-state index contributed by atoms with van der Waals surface area (Å²) in [4.78, 5) is 11.4. The van der Waals surface area contributed by atoms with Crippen molar-refractivity contribution in [2.45, 2.75) is 52.2 Å². The number of nitrogens with one attached hydrogen (secondary N) is 2. The van der Waals surface area contributed by atoms with E-state index in [0.717, 1.165) is 0 Å². The van der Waals surface area contributed by atoms with Crippen LogP contribution in [0.25, 0.3) is 0 Å². The van der Waals surface area contributed by atoms with Gasteiger partial charge in [-0.2, -0.15) is 0 Å². The number of carbonyl (C=O) groups is 1. The molecule has 0 aromatic heterocycles. The van der Waals surface area contributed by atoms with Crippen molar-refractivity contribution < 1.29 is 9.90 Å². The molecule has 4 heteroatoms. The van der Waals surface area contributed by atoms with Crippen molar-refractivity contribution >= 4 is 5.91 Å². The van der Waals surface area contributed by atoms with E-state index in [1.807, 2.05) is 20.8 Å². The number of rotatable bonds is 7. The molecule has 0 aliphatic rings. The van der Waals surface area contributed by atoms with Gasteiger partial charge in [0.1, 0.15) is 0 Å². The number of carbonyl (C=O) groups excluding carboxylic acids is 1. The second-order valence-electron chi connectivity index (χ2n) is 3.93. The second kappa shape index (κ2) is 6.80. The number of hydrogen-bond acceptors (Lipinski definition) is 3. The van der Waals surface area contributed by atoms with Crippen LogP contribution in [0.4, 0.5) is 0 Å². The molecule has 0 heterocycles. The van der Waals surface area contributed by atoms with Crippen molar-refractivity contribution in [2.24, 2.45) is 0 Å². The topological polar surface area (TPSA) is 61.4 Å². The lowest BCUT2D eigenvalue weighted by Gasteiger charge is -2.27. The molecule has 0 aromatic rings. The van der Waals surface area contributed by atoms with Crippen molar-refractivity contribution in [1.29, 1.82) is 0 Å². The summed E-state index contributed by atoms with van der Waals surface area (Å²) >= 11 is 0. The van der Waals surface area contributed by atoms with E-state index in [2.05, 4.69) is 10.6 Å². The van der Waals surface area contributed by atoms with Crippen molar-refractivity contribution in [3.63, 3.8) is 0 Å². The minimum absolute atomic E-state index is 0.0212. The van der Waals surface area contributed by atoms with Gasteiger partial charge in [-0.05, 0) is 26.7 Å². The predicted octanol–water partition coefficient (Wildman–Crippen LogP) is 0.652. The SMILES string of the molecule is CCNC(=O)C(C)NCC(O)(CC)CC. The molecule has 3 N–H and O–H groups in total. The maximum absolute atomic E-state index is 11.4. The zero-order chi connectivity index (χ0) is 11.9. The van der Waals surface area contributed by atoms with Gasteiger partial charge < -0.3 is 15.7 Å². The molecule has 0 fully saturated rings. The third kappa shape index (κ3) is 5.14. The molecule has 0 bridgehead atoms. The quantitative estimate of drug-likeness (QED) is 0.585. The van der Waals surface area contributed by atoms with E-state index in [1.165, 1.54) is 0 Å². The molecule has 90 valence electrons. The largest absolute Gasteiger partial charge is 0.389 e. The monoisotopic (exact) mass is 216 g/mol. The molecule has 0 rings (SSSR count). The summed E-state index contributed by atoms with van der Waals surface area (Å²) in [5, 5.41) is 15.8. The maximum atomic E-state index is 11.4. The maximum Gasteiger partial charge on any atom is 0.236 e. The van der Waals surface area contributed by atoms with Crippen molar-refractivity contribution in [3.05, 3.63) is 0 Å². The highest BCUT2D eigenvalue weighted by molar-refractivity contribution is 5.81. The first kappa shape index (κ1) is 14.4. The van der Waals surface area contributed by atoms with E-state index >= 15 is 0 Å². The van der Waals surface area contributed by atoms with Gasteiger partial charge in [0.15, 0.2) is 0 Å². The zero-order valence-electron chi connectivity index (χ0n) is 10.3. The van der Waals surface area contributed by atoms with Gasteiger partial charge in [-0.1, -0.05) is 13.8 Å². The van der Waals surface area contributed by atoms with Crippen LogP contribution in [-0.2, 0) is 4.79 Å². The Balaban J connectivity index is 3.98. The fraction of sp³-hybridized carbons (Fsp3) is 0.909. The molecule has 1 atom stereocenters. The minimum atomic E-state index is -0.694. The van der Waals surface area contributed by atoms with Crippen LogP contribution in [0.2, 0.25) is 0 Å². The molecule has 0 aromatic carbocycles. The van der Waals surface area contributed by atoms with Crippen LogP contribution in [0.3, 0.4) is 0 Å². The van der Waals surface area contributed by atoms with E-state index in [1.54, 1.807) is 6.92 Å². The number of aliphatic hydroxyl groups is 1. The first-order chi connectivity index (χ1) is 6.99. The van der Waals surface area contributed by atoms with Gasteiger partial charge in [-0.25, -0.2) is 0 Å². The summed E-state index contributed by atoms with van der Waals surface area (Å²) in [5.74, 6) is -0.0212. The van der Waals surface area contributed by atoms with E-state index in [0.29, 0.717) is 25.9 Å². The molecule has 0 spiro atoms. The molecule has 0 aliphatic carbocycles. The fourth-order valence-corrected chi connectivity index (χ4v) is 1.26. The molecule has 0 saturated heterocycles. The van der Waals surface area contributed by atoms with Gasteiger partial charge in [-0.3, -0.25) is 4.79 Å². The molecule has 15 heavy (non-hydrogen) atoms. The summed E-state index contributed by atoms with van der Waals surface area (Å²) in [6.07, 6.45) is 1.39. The Morgan fingerprint density at radius 1 is 1.33 bits per heavy atom. The molecule has 0 radical (unpaired) electrons. The average molecular weight is 216 g/mol. The van der Waals surface area contributed by atoms with E-state index < -0.39 is 5.60 Å². The molecule has 0 aliphatic heterocycles. The first-order valence-electron chi connectivity index (χ1n) is 5.72. The molecule has 1 unspecified atom stereocenters. The van der Waals surface area contributed by atoms with Crippen LogP contribution < -0.4 is 10.6 Å². The number of hydrogen-bond donors (Lipinski definition) is 3. The fourth-order valence-electron chi connectivity index (χ4n) is 1.26. The molecule has 0 saturated carbocycles. The molecule has 4 nitrogen and oxygen atoms in total. The molecular formula is C11H24N2O2. The normalized spacial score (nSPS) is 13.7. The van der Waals surface area contributed by atoms with Crippen molar-refractivity contribution in [3.8, 4) is 0 Å². The molecule has 1 amide bonds. The van der Waals surface area contributed by atoms with Crippen LogP contribution in [0, 0.1) is 0 Å². The lowest BCUT2D eigenvalue weighted by molar-refractivity contribution is -0.122. The van der Waals surface area contributed by atoms with Crippen LogP contribution in [0.1, 0.15) is 40.5 Å². The van der Waals surface area contributed by atoms with Crippen LogP contribution in [0.15, 0.2) is 0 Å². The van der Waals surface area contributed by atoms with Crippen molar-refractivity contribution in [2.75, 3.05) is 13.1 Å². The van der Waals surface area contributed by atoms with Crippen LogP contribution >= 0.6 is 0 Å². The number of amides is 1. The summed E-state index contributed by atoms with van der Waals surface area (Å²) in [7, 11) is 0. The highest BCUT2D eigenvalue weighted by Crippen LogP contribution is 2.12. The Bertz CT molecular complexity index is 191. The van der Waals surface area contributed by atoms with Gasteiger partial charge in [0.25, 0.3) is 0 Å². The Labute approximate surface area is 92.4 Å².